The lowest BCUT2D eigenvalue weighted by atomic mass is 9.97. The van der Waals surface area contributed by atoms with Crippen molar-refractivity contribution in [1.82, 2.24) is 0 Å². The van der Waals surface area contributed by atoms with Crippen LogP contribution in [0.15, 0.2) is 78.9 Å². The summed E-state index contributed by atoms with van der Waals surface area (Å²) in [6, 6.07) is 24.2. The second-order valence-electron chi connectivity index (χ2n) is 9.22. The van der Waals surface area contributed by atoms with Gasteiger partial charge in [0.1, 0.15) is 0 Å². The Morgan fingerprint density at radius 2 is 1.56 bits per heavy atom. The number of hydrogen-bond acceptors (Lipinski definition) is 4. The quantitative estimate of drug-likeness (QED) is 0.429. The van der Waals surface area contributed by atoms with Crippen LogP contribution >= 0.6 is 0 Å². The molecule has 6 heteroatoms. The van der Waals surface area contributed by atoms with Crippen molar-refractivity contribution in [1.29, 1.82) is 0 Å². The smallest absolute Gasteiger partial charge is 0.328 e. The Morgan fingerprint density at radius 1 is 0.917 bits per heavy atom. The van der Waals surface area contributed by atoms with Crippen molar-refractivity contribution in [2.75, 3.05) is 37.1 Å². The molecule has 0 bridgehead atoms. The molecule has 1 aliphatic rings. The van der Waals surface area contributed by atoms with Gasteiger partial charge >= 0.3 is 5.97 Å². The van der Waals surface area contributed by atoms with Crippen molar-refractivity contribution in [3.05, 3.63) is 90.0 Å². The molecule has 3 aromatic rings. The Hall–Kier alpha value is -3.90. The molecule has 0 saturated carbocycles. The topological polar surface area (TPSA) is 70.1 Å². The van der Waals surface area contributed by atoms with E-state index in [9.17, 15) is 9.59 Å². The lowest BCUT2D eigenvalue weighted by Gasteiger charge is -2.30. The number of nitrogens with zero attached hydrogens (tertiary/aromatic N) is 2. The number of carbonyl (C=O) groups is 2. The Kier molecular flexibility index (Phi) is 8.18. The molecule has 1 N–H and O–H groups in total. The summed E-state index contributed by atoms with van der Waals surface area (Å²) in [6.45, 7) is 1.61. The number of amides is 1. The van der Waals surface area contributed by atoms with E-state index in [1.807, 2.05) is 43.3 Å². The Labute approximate surface area is 212 Å². The van der Waals surface area contributed by atoms with Crippen LogP contribution in [-0.2, 0) is 20.9 Å². The molecule has 1 fully saturated rings. The van der Waals surface area contributed by atoms with E-state index in [2.05, 4.69) is 53.4 Å². The molecule has 186 valence electrons. The van der Waals surface area contributed by atoms with Crippen LogP contribution in [0.25, 0.3) is 17.2 Å². The summed E-state index contributed by atoms with van der Waals surface area (Å²) in [5.74, 6) is -1.03. The molecule has 3 aromatic carbocycles. The number of carbonyl (C=O) groups excluding carboxylic acids is 1. The van der Waals surface area contributed by atoms with Crippen molar-refractivity contribution in [3.8, 4) is 11.1 Å². The minimum Gasteiger partial charge on any atom is -0.478 e. The third-order valence-electron chi connectivity index (χ3n) is 6.45. The summed E-state index contributed by atoms with van der Waals surface area (Å²) in [5.41, 5.74) is 5.92. The second kappa shape index (κ2) is 11.7. The fraction of sp³-hybridized carbons (Fsp3) is 0.267. The van der Waals surface area contributed by atoms with Crippen LogP contribution in [0.3, 0.4) is 0 Å². The fourth-order valence-electron chi connectivity index (χ4n) is 4.36. The summed E-state index contributed by atoms with van der Waals surface area (Å²) in [4.78, 5) is 28.5. The molecule has 6 nitrogen and oxygen atoms in total. The predicted octanol–water partition coefficient (Wildman–Crippen LogP) is 5.48. The largest absolute Gasteiger partial charge is 0.478 e. The van der Waals surface area contributed by atoms with E-state index >= 15 is 0 Å². The second-order valence-corrected chi connectivity index (χ2v) is 9.22. The molecule has 0 aromatic heterocycles. The maximum atomic E-state index is 13.6. The molecule has 1 saturated heterocycles. The third kappa shape index (κ3) is 6.40. The van der Waals surface area contributed by atoms with Crippen molar-refractivity contribution < 1.29 is 19.4 Å². The maximum absolute atomic E-state index is 13.6. The zero-order valence-electron chi connectivity index (χ0n) is 20.8. The van der Waals surface area contributed by atoms with Crippen molar-refractivity contribution in [2.24, 2.45) is 5.92 Å². The summed E-state index contributed by atoms with van der Waals surface area (Å²) in [6.07, 6.45) is 4.05. The highest BCUT2D eigenvalue weighted by Crippen LogP contribution is 2.27. The lowest BCUT2D eigenvalue weighted by molar-refractivity contribution is -0.131. The first-order valence-corrected chi connectivity index (χ1v) is 12.2. The summed E-state index contributed by atoms with van der Waals surface area (Å²) in [7, 11) is 4.05. The van der Waals surface area contributed by atoms with Gasteiger partial charge in [0.05, 0.1) is 6.54 Å². The Morgan fingerprint density at radius 3 is 2.17 bits per heavy atom. The van der Waals surface area contributed by atoms with Gasteiger partial charge in [-0.1, -0.05) is 48.5 Å². The van der Waals surface area contributed by atoms with Crippen LogP contribution in [0.4, 0.5) is 11.4 Å². The van der Waals surface area contributed by atoms with Crippen molar-refractivity contribution >= 4 is 29.3 Å². The van der Waals surface area contributed by atoms with E-state index in [1.165, 1.54) is 0 Å². The number of carboxylic acids is 1. The van der Waals surface area contributed by atoms with Crippen LogP contribution in [0.5, 0.6) is 0 Å². The Bertz CT molecular complexity index is 1210. The van der Waals surface area contributed by atoms with Gasteiger partial charge in [-0.2, -0.15) is 0 Å². The van der Waals surface area contributed by atoms with Gasteiger partial charge in [-0.15, -0.1) is 0 Å². The molecule has 0 unspecified atom stereocenters. The van der Waals surface area contributed by atoms with Crippen LogP contribution in [0.2, 0.25) is 0 Å². The van der Waals surface area contributed by atoms with Gasteiger partial charge in [0.25, 0.3) is 0 Å². The molecular formula is C30H32N2O4. The van der Waals surface area contributed by atoms with E-state index in [1.54, 1.807) is 6.08 Å². The number of rotatable bonds is 8. The SMILES string of the molecule is CN(C)c1ccc(-c2ccc(CN(C(=O)C3CCOCC3)c3cccc(C=CC(=O)O)c3)cc2)cc1. The highest BCUT2D eigenvalue weighted by atomic mass is 16.5. The zero-order chi connectivity index (χ0) is 25.5. The number of carboxylic acid groups (broad SMARTS) is 1. The van der Waals surface area contributed by atoms with Crippen molar-refractivity contribution in [2.45, 2.75) is 19.4 Å². The molecule has 36 heavy (non-hydrogen) atoms. The van der Waals surface area contributed by atoms with Gasteiger partial charge in [0.2, 0.25) is 5.91 Å². The van der Waals surface area contributed by atoms with Gasteiger partial charge in [-0.25, -0.2) is 4.79 Å². The summed E-state index contributed by atoms with van der Waals surface area (Å²) in [5, 5.41) is 8.98. The molecule has 0 aliphatic carbocycles. The highest BCUT2D eigenvalue weighted by molar-refractivity contribution is 5.95. The van der Waals surface area contributed by atoms with Crippen molar-refractivity contribution in [3.63, 3.8) is 0 Å². The third-order valence-corrected chi connectivity index (χ3v) is 6.45. The zero-order valence-corrected chi connectivity index (χ0v) is 20.8. The van der Waals surface area contributed by atoms with E-state index < -0.39 is 5.97 Å². The first kappa shape index (κ1) is 25.2. The standard InChI is InChI=1S/C30H32N2O4/c1-31(2)27-13-11-25(12-14-27)24-9-6-23(7-10-24)21-32(30(35)26-16-18-36-19-17-26)28-5-3-4-22(20-28)8-15-29(33)34/h3-15,20,26H,16-19,21H2,1-2H3,(H,33,34). The molecule has 1 amide bonds. The molecule has 1 aliphatic heterocycles. The lowest BCUT2D eigenvalue weighted by Crippen LogP contribution is -2.38. The van der Waals surface area contributed by atoms with Gasteiger partial charge in [-0.05, 0) is 65.4 Å². The number of anilines is 2. The molecular weight excluding hydrogens is 452 g/mol. The van der Waals surface area contributed by atoms with E-state index in [0.717, 1.165) is 39.7 Å². The number of aliphatic carboxylic acids is 1. The average Bonchev–Trinajstić information content (AvgIpc) is 2.91. The first-order valence-electron chi connectivity index (χ1n) is 12.2. The minimum atomic E-state index is -1.01. The minimum absolute atomic E-state index is 0.0704. The van der Waals surface area contributed by atoms with Gasteiger partial charge in [0, 0.05) is 50.7 Å². The van der Waals surface area contributed by atoms with Crippen LogP contribution < -0.4 is 9.80 Å². The van der Waals surface area contributed by atoms with E-state index in [-0.39, 0.29) is 11.8 Å². The van der Waals surface area contributed by atoms with Crippen LogP contribution in [-0.4, -0.2) is 44.3 Å². The fourth-order valence-corrected chi connectivity index (χ4v) is 4.36. The molecule has 0 atom stereocenters. The first-order chi connectivity index (χ1) is 17.4. The van der Waals surface area contributed by atoms with Gasteiger partial charge in [0.15, 0.2) is 0 Å². The number of hydrogen-bond donors (Lipinski definition) is 1. The molecule has 4 rings (SSSR count). The van der Waals surface area contributed by atoms with E-state index in [0.29, 0.717) is 32.6 Å². The predicted molar refractivity (Wildman–Crippen MR) is 144 cm³/mol. The molecule has 1 heterocycles. The summed E-state index contributed by atoms with van der Waals surface area (Å²) >= 11 is 0. The molecule has 0 spiro atoms. The van der Waals surface area contributed by atoms with Crippen LogP contribution in [0, 0.1) is 5.92 Å². The normalized spacial score (nSPS) is 14.1. The van der Waals surface area contributed by atoms with Crippen LogP contribution in [0.1, 0.15) is 24.0 Å². The average molecular weight is 485 g/mol. The monoisotopic (exact) mass is 484 g/mol. The van der Waals surface area contributed by atoms with Gasteiger partial charge in [-0.3, -0.25) is 4.79 Å². The molecule has 0 radical (unpaired) electrons. The van der Waals surface area contributed by atoms with E-state index in [4.69, 9.17) is 9.84 Å². The number of ether oxygens (including phenoxy) is 1. The van der Waals surface area contributed by atoms with Gasteiger partial charge < -0.3 is 19.6 Å². The number of benzene rings is 3. The Balaban J connectivity index is 1.58. The summed E-state index contributed by atoms with van der Waals surface area (Å²) < 4.78 is 5.46. The maximum Gasteiger partial charge on any atom is 0.328 e. The highest BCUT2D eigenvalue weighted by Gasteiger charge is 2.27.